The fourth-order valence-electron chi connectivity index (χ4n) is 2.20. The molecule has 1 heterocycles. The van der Waals surface area contributed by atoms with E-state index in [1.807, 2.05) is 18.2 Å². The van der Waals surface area contributed by atoms with Crippen LogP contribution in [0.1, 0.15) is 38.2 Å². The fourth-order valence-corrected chi connectivity index (χ4v) is 2.20. The van der Waals surface area contributed by atoms with Gasteiger partial charge in [-0.2, -0.15) is 0 Å². The van der Waals surface area contributed by atoms with Crippen LogP contribution in [0.15, 0.2) is 24.3 Å². The van der Waals surface area contributed by atoms with Gasteiger partial charge in [-0.25, -0.2) is 0 Å². The number of carbonyl (C=O) groups is 1. The third kappa shape index (κ3) is 4.23. The molecule has 1 aliphatic heterocycles. The predicted molar refractivity (Wildman–Crippen MR) is 78.0 cm³/mol. The Hall–Kier alpha value is -1.55. The van der Waals surface area contributed by atoms with E-state index >= 15 is 0 Å². The third-order valence-corrected chi connectivity index (χ3v) is 3.42. The van der Waals surface area contributed by atoms with Crippen LogP contribution in [-0.4, -0.2) is 31.8 Å². The summed E-state index contributed by atoms with van der Waals surface area (Å²) in [5, 5.41) is 2.84. The van der Waals surface area contributed by atoms with Gasteiger partial charge in [0.1, 0.15) is 18.5 Å². The highest BCUT2D eigenvalue weighted by Gasteiger charge is 2.22. The van der Waals surface area contributed by atoms with E-state index in [-0.39, 0.29) is 12.0 Å². The fraction of sp³-hybridized carbons (Fsp3) is 0.562. The van der Waals surface area contributed by atoms with E-state index in [2.05, 4.69) is 25.2 Å². The molecular formula is C16H23NO3. The topological polar surface area (TPSA) is 47.6 Å². The number of carbonyl (C=O) groups excluding carboxylic acids is 1. The summed E-state index contributed by atoms with van der Waals surface area (Å²) in [6, 6.07) is 8.08. The van der Waals surface area contributed by atoms with Gasteiger partial charge < -0.3 is 14.8 Å². The van der Waals surface area contributed by atoms with Crippen LogP contribution >= 0.6 is 0 Å². The van der Waals surface area contributed by atoms with Gasteiger partial charge in [0.25, 0.3) is 0 Å². The minimum atomic E-state index is -0.265. The second kappa shape index (κ2) is 7.29. The van der Waals surface area contributed by atoms with Gasteiger partial charge in [-0.15, -0.1) is 0 Å². The van der Waals surface area contributed by atoms with E-state index in [0.29, 0.717) is 25.7 Å². The highest BCUT2D eigenvalue weighted by atomic mass is 16.5. The molecule has 4 heteroatoms. The molecule has 1 aliphatic rings. The number of hydrogen-bond donors (Lipinski definition) is 1. The van der Waals surface area contributed by atoms with Gasteiger partial charge in [-0.3, -0.25) is 4.79 Å². The maximum absolute atomic E-state index is 11.7. The molecule has 1 aromatic rings. The second-order valence-electron chi connectivity index (χ2n) is 5.37. The molecule has 1 amide bonds. The predicted octanol–water partition coefficient (Wildman–Crippen LogP) is 2.48. The Morgan fingerprint density at radius 2 is 2.35 bits per heavy atom. The second-order valence-corrected chi connectivity index (χ2v) is 5.37. The zero-order valence-corrected chi connectivity index (χ0v) is 12.2. The number of benzene rings is 1. The van der Waals surface area contributed by atoms with Crippen molar-refractivity contribution >= 4 is 5.91 Å². The molecule has 0 aromatic heterocycles. The number of hydrogen-bond acceptors (Lipinski definition) is 3. The lowest BCUT2D eigenvalue weighted by Crippen LogP contribution is -2.36. The Bertz CT molecular complexity index is 439. The summed E-state index contributed by atoms with van der Waals surface area (Å²) in [6.07, 6.45) is 1.53. The van der Waals surface area contributed by atoms with E-state index in [0.717, 1.165) is 18.6 Å². The van der Waals surface area contributed by atoms with Crippen molar-refractivity contribution in [3.8, 4) is 5.75 Å². The van der Waals surface area contributed by atoms with E-state index in [1.165, 1.54) is 5.56 Å². The maximum atomic E-state index is 11.7. The van der Waals surface area contributed by atoms with Crippen LogP contribution in [0.4, 0.5) is 0 Å². The molecule has 2 rings (SSSR count). The van der Waals surface area contributed by atoms with Crippen molar-refractivity contribution in [2.45, 2.75) is 38.7 Å². The lowest BCUT2D eigenvalue weighted by molar-refractivity contribution is -0.130. The number of rotatable bonds is 6. The number of amides is 1. The molecule has 1 aromatic carbocycles. The minimum absolute atomic E-state index is 0.0259. The van der Waals surface area contributed by atoms with Gasteiger partial charge >= 0.3 is 0 Å². The van der Waals surface area contributed by atoms with E-state index in [4.69, 9.17) is 9.47 Å². The molecule has 1 fully saturated rings. The standard InChI is InChI=1S/C16H23NO3/c1-12(2)13-5-3-6-14(11-13)19-10-8-17-16(18)15-7-4-9-20-15/h3,5-6,11-12,15H,4,7-10H2,1-2H3,(H,17,18). The Balaban J connectivity index is 1.70. The quantitative estimate of drug-likeness (QED) is 0.813. The molecule has 0 bridgehead atoms. The van der Waals surface area contributed by atoms with Crippen molar-refractivity contribution in [2.24, 2.45) is 0 Å². The average molecular weight is 277 g/mol. The van der Waals surface area contributed by atoms with Crippen molar-refractivity contribution in [3.63, 3.8) is 0 Å². The Kier molecular flexibility index (Phi) is 5.41. The molecule has 0 spiro atoms. The molecule has 1 atom stereocenters. The molecule has 0 saturated carbocycles. The highest BCUT2D eigenvalue weighted by Crippen LogP contribution is 2.19. The molecule has 4 nitrogen and oxygen atoms in total. The van der Waals surface area contributed by atoms with Gasteiger partial charge in [0.05, 0.1) is 6.54 Å². The lowest BCUT2D eigenvalue weighted by atomic mass is 10.0. The summed E-state index contributed by atoms with van der Waals surface area (Å²) in [5.74, 6) is 1.31. The number of ether oxygens (including phenoxy) is 2. The first kappa shape index (κ1) is 14.9. The van der Waals surface area contributed by atoms with E-state index in [1.54, 1.807) is 0 Å². The Morgan fingerprint density at radius 3 is 3.05 bits per heavy atom. The third-order valence-electron chi connectivity index (χ3n) is 3.42. The number of nitrogens with one attached hydrogen (secondary N) is 1. The van der Waals surface area contributed by atoms with Gasteiger partial charge in [0.2, 0.25) is 5.91 Å². The van der Waals surface area contributed by atoms with Gasteiger partial charge in [0, 0.05) is 6.61 Å². The van der Waals surface area contributed by atoms with E-state index < -0.39 is 0 Å². The molecule has 20 heavy (non-hydrogen) atoms. The zero-order chi connectivity index (χ0) is 14.4. The summed E-state index contributed by atoms with van der Waals surface area (Å²) in [7, 11) is 0. The van der Waals surface area contributed by atoms with Gasteiger partial charge in [-0.1, -0.05) is 26.0 Å². The van der Waals surface area contributed by atoms with Crippen molar-refractivity contribution in [1.82, 2.24) is 5.32 Å². The van der Waals surface area contributed by atoms with Crippen LogP contribution in [0.5, 0.6) is 5.75 Å². The molecule has 1 N–H and O–H groups in total. The summed E-state index contributed by atoms with van der Waals surface area (Å²) in [4.78, 5) is 11.7. The van der Waals surface area contributed by atoms with Gasteiger partial charge in [0.15, 0.2) is 0 Å². The molecule has 0 aliphatic carbocycles. The molecule has 110 valence electrons. The molecule has 0 radical (unpaired) electrons. The average Bonchev–Trinajstić information content (AvgIpc) is 2.98. The normalized spacial score (nSPS) is 18.2. The Labute approximate surface area is 120 Å². The maximum Gasteiger partial charge on any atom is 0.249 e. The van der Waals surface area contributed by atoms with Crippen LogP contribution in [0.2, 0.25) is 0 Å². The van der Waals surface area contributed by atoms with Crippen LogP contribution < -0.4 is 10.1 Å². The van der Waals surface area contributed by atoms with Crippen molar-refractivity contribution in [1.29, 1.82) is 0 Å². The van der Waals surface area contributed by atoms with Gasteiger partial charge in [-0.05, 0) is 36.5 Å². The van der Waals surface area contributed by atoms with Crippen molar-refractivity contribution in [2.75, 3.05) is 19.8 Å². The largest absolute Gasteiger partial charge is 0.492 e. The van der Waals surface area contributed by atoms with Crippen LogP contribution in [-0.2, 0) is 9.53 Å². The first-order chi connectivity index (χ1) is 9.66. The summed E-state index contributed by atoms with van der Waals surface area (Å²) in [6.45, 7) is 5.98. The minimum Gasteiger partial charge on any atom is -0.492 e. The van der Waals surface area contributed by atoms with Crippen LogP contribution in [0.25, 0.3) is 0 Å². The summed E-state index contributed by atoms with van der Waals surface area (Å²) < 4.78 is 11.0. The molecular weight excluding hydrogens is 254 g/mol. The van der Waals surface area contributed by atoms with Crippen LogP contribution in [0, 0.1) is 0 Å². The molecule has 1 saturated heterocycles. The van der Waals surface area contributed by atoms with Crippen molar-refractivity contribution in [3.05, 3.63) is 29.8 Å². The monoisotopic (exact) mass is 277 g/mol. The van der Waals surface area contributed by atoms with Crippen LogP contribution in [0.3, 0.4) is 0 Å². The lowest BCUT2D eigenvalue weighted by Gasteiger charge is -2.12. The zero-order valence-electron chi connectivity index (χ0n) is 12.2. The highest BCUT2D eigenvalue weighted by molar-refractivity contribution is 5.80. The molecule has 1 unspecified atom stereocenters. The van der Waals surface area contributed by atoms with E-state index in [9.17, 15) is 4.79 Å². The first-order valence-corrected chi connectivity index (χ1v) is 7.29. The summed E-state index contributed by atoms with van der Waals surface area (Å²) in [5.41, 5.74) is 1.26. The smallest absolute Gasteiger partial charge is 0.249 e. The first-order valence-electron chi connectivity index (χ1n) is 7.29. The SMILES string of the molecule is CC(C)c1cccc(OCCNC(=O)C2CCCO2)c1. The summed E-state index contributed by atoms with van der Waals surface area (Å²) >= 11 is 0. The Morgan fingerprint density at radius 1 is 1.50 bits per heavy atom. The van der Waals surface area contributed by atoms with Crippen molar-refractivity contribution < 1.29 is 14.3 Å².